The molecule has 2 heteroatoms. The van der Waals surface area contributed by atoms with Crippen LogP contribution in [0.25, 0.3) is 66.8 Å². The second-order valence-electron chi connectivity index (χ2n) is 24.2. The minimum atomic E-state index is 0.00176. The molecule has 13 aromatic carbocycles. The highest BCUT2D eigenvalue weighted by molar-refractivity contribution is 5.87. The van der Waals surface area contributed by atoms with Gasteiger partial charge in [-0.3, -0.25) is 0 Å². The van der Waals surface area contributed by atoms with Gasteiger partial charge in [-0.1, -0.05) is 276 Å². The van der Waals surface area contributed by atoms with Gasteiger partial charge in [0, 0.05) is 40.0 Å². The Morgan fingerprint density at radius 2 is 0.404 bits per heavy atom. The summed E-state index contributed by atoms with van der Waals surface area (Å²) < 4.78 is 0. The molecule has 1 unspecified atom stereocenters. The lowest BCUT2D eigenvalue weighted by atomic mass is 9.84. The maximum Gasteiger partial charge on any atom is 0.0485 e. The van der Waals surface area contributed by atoms with E-state index in [0.29, 0.717) is 0 Å². The summed E-state index contributed by atoms with van der Waals surface area (Å²) in [6.45, 7) is 12.9. The molecule has 0 heterocycles. The van der Waals surface area contributed by atoms with Crippen LogP contribution in [-0.2, 0) is 6.42 Å². The minimum Gasteiger partial charge on any atom is -0.310 e. The Bertz CT molecular complexity index is 4090. The first kappa shape index (κ1) is 57.5. The molecule has 0 fully saturated rings. The average Bonchev–Trinajstić information content (AvgIpc) is 1.36. The minimum absolute atomic E-state index is 0.00176. The van der Waals surface area contributed by atoms with Gasteiger partial charge in [-0.15, -0.1) is 0 Å². The summed E-state index contributed by atoms with van der Waals surface area (Å²) in [5, 5.41) is 0. The van der Waals surface area contributed by atoms with Crippen molar-refractivity contribution in [2.75, 3.05) is 9.80 Å². The van der Waals surface area contributed by atoms with E-state index in [1.807, 2.05) is 0 Å². The summed E-state index contributed by atoms with van der Waals surface area (Å²) in [6, 6.07) is 116. The zero-order chi connectivity index (χ0) is 60.8. The van der Waals surface area contributed by atoms with Crippen LogP contribution in [0.2, 0.25) is 0 Å². The van der Waals surface area contributed by atoms with E-state index in [2.05, 4.69) is 361 Å². The first-order chi connectivity index (χ1) is 43.5. The number of hydrogen-bond donors (Lipinski definition) is 0. The smallest absolute Gasteiger partial charge is 0.0485 e. The van der Waals surface area contributed by atoms with Gasteiger partial charge in [0.05, 0.1) is 0 Å². The fourth-order valence-corrected chi connectivity index (χ4v) is 12.3. The number of hydrogen-bond acceptors (Lipinski definition) is 2. The van der Waals surface area contributed by atoms with Crippen LogP contribution in [0.1, 0.15) is 62.4 Å². The van der Waals surface area contributed by atoms with E-state index in [1.165, 1.54) is 117 Å². The third-order valence-electron chi connectivity index (χ3n) is 17.6. The second-order valence-corrected chi connectivity index (χ2v) is 24.2. The number of rotatable bonds is 17. The van der Waals surface area contributed by atoms with Gasteiger partial charge >= 0.3 is 0 Å². The summed E-state index contributed by atoms with van der Waals surface area (Å²) in [7, 11) is 0. The highest BCUT2D eigenvalue weighted by Crippen LogP contribution is 2.46. The average molecular weight is 1150 g/mol. The Labute approximate surface area is 527 Å². The Kier molecular flexibility index (Phi) is 16.7. The Morgan fingerprint density at radius 3 is 0.640 bits per heavy atom. The van der Waals surface area contributed by atoms with Crippen LogP contribution in [0.4, 0.5) is 34.1 Å². The lowest BCUT2D eigenvalue weighted by molar-refractivity contribution is 0.715. The molecule has 0 saturated heterocycles. The highest BCUT2D eigenvalue weighted by Gasteiger charge is 2.24. The van der Waals surface area contributed by atoms with E-state index in [1.54, 1.807) is 0 Å². The molecule has 2 nitrogen and oxygen atoms in total. The van der Waals surface area contributed by atoms with Crippen LogP contribution in [0, 0.1) is 41.5 Å². The molecular formula is C87H74N2. The summed E-state index contributed by atoms with van der Waals surface area (Å²) in [4.78, 5) is 4.93. The fourth-order valence-electron chi connectivity index (χ4n) is 12.3. The van der Waals surface area contributed by atoms with Crippen LogP contribution in [0.5, 0.6) is 0 Å². The first-order valence-corrected chi connectivity index (χ1v) is 31.3. The second kappa shape index (κ2) is 25.8. The summed E-state index contributed by atoms with van der Waals surface area (Å²) in [5.41, 5.74) is 32.1. The molecule has 0 N–H and O–H groups in total. The molecular weight excluding hydrogens is 1070 g/mol. The normalized spacial score (nSPS) is 11.5. The van der Waals surface area contributed by atoms with E-state index in [9.17, 15) is 0 Å². The molecule has 13 aromatic rings. The number of benzene rings is 13. The first-order valence-electron chi connectivity index (χ1n) is 31.3. The van der Waals surface area contributed by atoms with Crippen LogP contribution in [-0.4, -0.2) is 0 Å². The van der Waals surface area contributed by atoms with E-state index in [4.69, 9.17) is 0 Å². The van der Waals surface area contributed by atoms with Gasteiger partial charge in [-0.2, -0.15) is 0 Å². The van der Waals surface area contributed by atoms with Crippen molar-refractivity contribution in [2.24, 2.45) is 0 Å². The molecule has 0 aliphatic carbocycles. The molecule has 0 aliphatic rings. The molecule has 432 valence electrons. The van der Waals surface area contributed by atoms with Crippen molar-refractivity contribution in [2.45, 2.75) is 60.3 Å². The number of anilines is 6. The largest absolute Gasteiger partial charge is 0.310 e. The summed E-state index contributed by atoms with van der Waals surface area (Å²) >= 11 is 0. The maximum absolute atomic E-state index is 2.48. The highest BCUT2D eigenvalue weighted by atomic mass is 15.2. The fraction of sp³-hybridized carbons (Fsp3) is 0.103. The molecule has 0 spiro atoms. The van der Waals surface area contributed by atoms with Crippen molar-refractivity contribution < 1.29 is 0 Å². The zero-order valence-electron chi connectivity index (χ0n) is 51.8. The maximum atomic E-state index is 2.48. The van der Waals surface area contributed by atoms with Crippen molar-refractivity contribution in [3.8, 4) is 66.8 Å². The Hall–Kier alpha value is -10.5. The van der Waals surface area contributed by atoms with Crippen molar-refractivity contribution >= 4 is 34.1 Å². The zero-order valence-corrected chi connectivity index (χ0v) is 51.8. The van der Waals surface area contributed by atoms with Crippen molar-refractivity contribution in [3.63, 3.8) is 0 Å². The number of aryl methyl sites for hydroxylation is 7. The van der Waals surface area contributed by atoms with E-state index in [-0.39, 0.29) is 5.92 Å². The van der Waals surface area contributed by atoms with Gasteiger partial charge in [0.15, 0.2) is 0 Å². The monoisotopic (exact) mass is 1150 g/mol. The van der Waals surface area contributed by atoms with Gasteiger partial charge in [0.1, 0.15) is 0 Å². The third-order valence-corrected chi connectivity index (χ3v) is 17.6. The third kappa shape index (κ3) is 13.2. The standard InChI is InChI=1S/C87H74N2/c1-60-7-22-67(23-8-60)73-34-19-66(20-35-73)21-56-87(79-38-36-74(37-39-79)68-24-9-61(2)10-25-68)80-57-85(88(81-48-40-75(41-49-81)69-26-11-62(3)12-27-69)82-50-42-76(43-51-82)70-28-13-63(4)14-29-70)59-86(58-80)89(83-52-44-77(45-53-83)71-30-15-64(5)16-31-71)84-54-46-78(47-55-84)72-32-17-65(6)18-33-72/h7-20,22-55,57-59,87H,21,56H2,1-6H3. The van der Waals surface area contributed by atoms with E-state index in [0.717, 1.165) is 47.0 Å². The van der Waals surface area contributed by atoms with E-state index < -0.39 is 0 Å². The van der Waals surface area contributed by atoms with Crippen LogP contribution in [0.3, 0.4) is 0 Å². The lowest BCUT2D eigenvalue weighted by Gasteiger charge is -2.32. The molecule has 13 rings (SSSR count). The van der Waals surface area contributed by atoms with Crippen LogP contribution >= 0.6 is 0 Å². The Balaban J connectivity index is 1.01. The topological polar surface area (TPSA) is 6.48 Å². The molecule has 0 radical (unpaired) electrons. The van der Waals surface area contributed by atoms with Gasteiger partial charge in [-0.25, -0.2) is 0 Å². The van der Waals surface area contributed by atoms with Gasteiger partial charge in [-0.05, 0) is 205 Å². The quantitative estimate of drug-likeness (QED) is 0.0897. The SMILES string of the molecule is Cc1ccc(-c2ccc(CCC(c3ccc(-c4ccc(C)cc4)cc3)c3cc(N(c4ccc(-c5ccc(C)cc5)cc4)c4ccc(-c5ccc(C)cc5)cc4)cc(N(c4ccc(-c5ccc(C)cc5)cc4)c4ccc(-c5ccc(C)cc5)cc4)c3)cc2)cc1. The number of nitrogens with zero attached hydrogens (tertiary/aromatic N) is 2. The molecule has 0 aromatic heterocycles. The molecule has 0 saturated carbocycles. The molecule has 1 atom stereocenters. The molecule has 0 amide bonds. The van der Waals surface area contributed by atoms with Gasteiger partial charge < -0.3 is 9.80 Å². The molecule has 89 heavy (non-hydrogen) atoms. The van der Waals surface area contributed by atoms with E-state index >= 15 is 0 Å². The summed E-state index contributed by atoms with van der Waals surface area (Å²) in [6.07, 6.45) is 1.76. The lowest BCUT2D eigenvalue weighted by Crippen LogP contribution is -2.15. The van der Waals surface area contributed by atoms with Crippen LogP contribution < -0.4 is 9.80 Å². The van der Waals surface area contributed by atoms with Gasteiger partial charge in [0.25, 0.3) is 0 Å². The van der Waals surface area contributed by atoms with Gasteiger partial charge in [0.2, 0.25) is 0 Å². The Morgan fingerprint density at radius 1 is 0.202 bits per heavy atom. The van der Waals surface area contributed by atoms with Crippen molar-refractivity contribution in [1.82, 2.24) is 0 Å². The molecule has 0 aliphatic heterocycles. The van der Waals surface area contributed by atoms with Crippen molar-refractivity contribution in [3.05, 3.63) is 359 Å². The van der Waals surface area contributed by atoms with Crippen LogP contribution in [0.15, 0.2) is 309 Å². The predicted octanol–water partition coefficient (Wildman–Crippen LogP) is 24.2. The molecule has 0 bridgehead atoms. The summed E-state index contributed by atoms with van der Waals surface area (Å²) in [5.74, 6) is 0.00176. The predicted molar refractivity (Wildman–Crippen MR) is 380 cm³/mol. The van der Waals surface area contributed by atoms with Crippen molar-refractivity contribution in [1.29, 1.82) is 0 Å².